The van der Waals surface area contributed by atoms with Gasteiger partial charge in [-0.1, -0.05) is 109 Å². The quantitative estimate of drug-likeness (QED) is 0.156. The summed E-state index contributed by atoms with van der Waals surface area (Å²) in [4.78, 5) is 9.08. The Labute approximate surface area is 329 Å². The van der Waals surface area contributed by atoms with E-state index in [2.05, 4.69) is 68.5 Å². The Bertz CT molecular complexity index is 2650. The van der Waals surface area contributed by atoms with Gasteiger partial charge in [0, 0.05) is 27.7 Å². The van der Waals surface area contributed by atoms with Crippen LogP contribution in [0, 0.1) is 0 Å². The van der Waals surface area contributed by atoms with E-state index in [4.69, 9.17) is 0 Å². The summed E-state index contributed by atoms with van der Waals surface area (Å²) in [6.45, 7) is 4.29. The summed E-state index contributed by atoms with van der Waals surface area (Å²) < 4.78 is 82.5. The van der Waals surface area contributed by atoms with Crippen LogP contribution in [-0.2, 0) is 17.8 Å². The number of aromatic nitrogens is 6. The number of benzene rings is 4. The van der Waals surface area contributed by atoms with Crippen molar-refractivity contribution in [1.82, 2.24) is 30.4 Å². The largest absolute Gasteiger partial charge is 0.417 e. The molecule has 0 amide bonds. The van der Waals surface area contributed by atoms with Gasteiger partial charge in [0.1, 0.15) is 21.4 Å². The molecule has 9 rings (SSSR count). The number of halogens is 6. The fraction of sp³-hybridized carbons (Fsp3) is 0.116. The molecular weight excluding hydrogens is 779 g/mol. The van der Waals surface area contributed by atoms with Crippen LogP contribution in [0.2, 0.25) is 0 Å². The molecule has 0 saturated carbocycles. The van der Waals surface area contributed by atoms with Crippen molar-refractivity contribution in [3.63, 3.8) is 0 Å². The zero-order chi connectivity index (χ0) is 39.7. The van der Waals surface area contributed by atoms with Crippen LogP contribution in [0.1, 0.15) is 36.1 Å². The summed E-state index contributed by atoms with van der Waals surface area (Å²) in [6.07, 6.45) is -9.05. The van der Waals surface area contributed by atoms with Gasteiger partial charge in [-0.15, -0.1) is 20.4 Å². The first-order valence-corrected chi connectivity index (χ1v) is 19.1. The van der Waals surface area contributed by atoms with E-state index in [1.54, 1.807) is 48.5 Å². The topological polar surface area (TPSA) is 77.3 Å². The zero-order valence-corrected chi connectivity index (χ0v) is 31.4. The molecule has 0 atom stereocenters. The maximum absolute atomic E-state index is 13.8. The average Bonchev–Trinajstić information content (AvgIpc) is 3.96. The molecule has 0 bridgehead atoms. The van der Waals surface area contributed by atoms with Gasteiger partial charge < -0.3 is 0 Å². The smallest absolute Gasteiger partial charge is 0.245 e. The van der Waals surface area contributed by atoms with E-state index in [9.17, 15) is 26.3 Å². The van der Waals surface area contributed by atoms with Crippen LogP contribution in [0.4, 0.5) is 26.3 Å². The van der Waals surface area contributed by atoms with Crippen LogP contribution in [0.5, 0.6) is 0 Å². The molecule has 0 fully saturated rings. The van der Waals surface area contributed by atoms with Crippen LogP contribution in [0.25, 0.3) is 76.2 Å². The van der Waals surface area contributed by atoms with Gasteiger partial charge in [0.2, 0.25) is 0 Å². The Morgan fingerprint density at radius 3 is 1.23 bits per heavy atom. The van der Waals surface area contributed by atoms with Crippen molar-refractivity contribution >= 4 is 22.7 Å². The fourth-order valence-electron chi connectivity index (χ4n) is 7.21. The van der Waals surface area contributed by atoms with Gasteiger partial charge in [-0.2, -0.15) is 26.3 Å². The Balaban J connectivity index is 0.986. The number of hydrogen-bond donors (Lipinski definition) is 0. The van der Waals surface area contributed by atoms with Gasteiger partial charge >= 0.3 is 12.4 Å². The Morgan fingerprint density at radius 1 is 0.421 bits per heavy atom. The molecule has 282 valence electrons. The lowest BCUT2D eigenvalue weighted by Crippen LogP contribution is -2.15. The molecule has 1 aliphatic rings. The normalized spacial score (nSPS) is 13.4. The number of fused-ring (bicyclic) bond motifs is 3. The maximum Gasteiger partial charge on any atom is 0.417 e. The molecule has 4 aromatic carbocycles. The van der Waals surface area contributed by atoms with Gasteiger partial charge in [-0.25, -0.2) is 9.97 Å². The Hall–Kier alpha value is -6.12. The molecule has 0 saturated heterocycles. The first-order chi connectivity index (χ1) is 27.3. The van der Waals surface area contributed by atoms with Crippen LogP contribution in [0.15, 0.2) is 121 Å². The van der Waals surface area contributed by atoms with E-state index in [1.165, 1.54) is 46.9 Å². The minimum Gasteiger partial charge on any atom is -0.245 e. The highest BCUT2D eigenvalue weighted by Crippen LogP contribution is 2.51. The minimum absolute atomic E-state index is 0.0108. The lowest BCUT2D eigenvalue weighted by Gasteiger charge is -2.22. The molecule has 8 aromatic rings. The standard InChI is InChI=1S/C43H26F6N6S2/c1-41(2)31-21-23(37-52-54-39(56-37)35-15-7-13-33(50-35)27-9-3-5-11-29(27)42(44,45)46)17-19-25(31)26-20-18-24(22-32(26)41)38-53-55-40(57-38)36-16-8-14-34(51-36)28-10-4-6-12-30(28)43(47,48)49/h3-22H,1-2H3. The summed E-state index contributed by atoms with van der Waals surface area (Å²) in [6, 6.07) is 32.8. The van der Waals surface area contributed by atoms with Crippen molar-refractivity contribution in [2.45, 2.75) is 31.6 Å². The number of pyridine rings is 2. The third-order valence-electron chi connectivity index (χ3n) is 9.97. The second kappa shape index (κ2) is 13.5. The van der Waals surface area contributed by atoms with Crippen molar-refractivity contribution in [3.05, 3.63) is 144 Å². The highest BCUT2D eigenvalue weighted by molar-refractivity contribution is 7.18. The lowest BCUT2D eigenvalue weighted by atomic mass is 9.81. The van der Waals surface area contributed by atoms with Gasteiger partial charge in [0.25, 0.3) is 0 Å². The molecule has 14 heteroatoms. The first-order valence-electron chi connectivity index (χ1n) is 17.5. The molecule has 0 N–H and O–H groups in total. The predicted octanol–water partition coefficient (Wildman–Crippen LogP) is 12.5. The molecule has 6 nitrogen and oxygen atoms in total. The van der Waals surface area contributed by atoms with Crippen LogP contribution in [0.3, 0.4) is 0 Å². The van der Waals surface area contributed by atoms with E-state index in [0.29, 0.717) is 31.4 Å². The van der Waals surface area contributed by atoms with Crippen molar-refractivity contribution in [2.75, 3.05) is 0 Å². The molecule has 0 aliphatic heterocycles. The van der Waals surface area contributed by atoms with E-state index in [0.717, 1.165) is 45.5 Å². The third kappa shape index (κ3) is 6.57. The van der Waals surface area contributed by atoms with E-state index in [1.807, 2.05) is 12.1 Å². The molecule has 0 spiro atoms. The monoisotopic (exact) mass is 804 g/mol. The SMILES string of the molecule is CC1(C)c2cc(-c3nnc(-c4cccc(-c5ccccc5C(F)(F)F)n4)s3)ccc2-c2ccc(-c3nnc(-c4cccc(-c5ccccc5C(F)(F)F)n4)s3)cc21. The lowest BCUT2D eigenvalue weighted by molar-refractivity contribution is -0.137. The second-order valence-electron chi connectivity index (χ2n) is 13.9. The van der Waals surface area contributed by atoms with Crippen LogP contribution < -0.4 is 0 Å². The van der Waals surface area contributed by atoms with Crippen molar-refractivity contribution < 1.29 is 26.3 Å². The Morgan fingerprint density at radius 2 is 0.807 bits per heavy atom. The number of nitrogens with zero attached hydrogens (tertiary/aromatic N) is 6. The van der Waals surface area contributed by atoms with Gasteiger partial charge in [0.05, 0.1) is 22.5 Å². The molecule has 4 aromatic heterocycles. The molecule has 1 aliphatic carbocycles. The van der Waals surface area contributed by atoms with E-state index < -0.39 is 28.9 Å². The molecule has 0 radical (unpaired) electrons. The molecule has 57 heavy (non-hydrogen) atoms. The summed E-state index contributed by atoms with van der Waals surface area (Å²) in [5, 5.41) is 19.9. The zero-order valence-electron chi connectivity index (χ0n) is 29.8. The highest BCUT2D eigenvalue weighted by atomic mass is 32.1. The summed E-state index contributed by atoms with van der Waals surface area (Å²) >= 11 is 2.62. The van der Waals surface area contributed by atoms with E-state index >= 15 is 0 Å². The summed E-state index contributed by atoms with van der Waals surface area (Å²) in [7, 11) is 0. The van der Waals surface area contributed by atoms with Crippen molar-refractivity contribution in [1.29, 1.82) is 0 Å². The number of hydrogen-bond acceptors (Lipinski definition) is 8. The van der Waals surface area contributed by atoms with Crippen LogP contribution in [-0.4, -0.2) is 30.4 Å². The highest BCUT2D eigenvalue weighted by Gasteiger charge is 2.37. The first kappa shape index (κ1) is 36.5. The van der Waals surface area contributed by atoms with Crippen molar-refractivity contribution in [3.8, 4) is 76.2 Å². The van der Waals surface area contributed by atoms with Crippen LogP contribution >= 0.6 is 22.7 Å². The summed E-state index contributed by atoms with van der Waals surface area (Å²) in [5.41, 5.74) is 5.29. The molecule has 0 unspecified atom stereocenters. The second-order valence-corrected chi connectivity index (χ2v) is 15.8. The number of alkyl halides is 6. The molecular formula is C43H26F6N6S2. The van der Waals surface area contributed by atoms with Gasteiger partial charge in [0.15, 0.2) is 10.0 Å². The Kier molecular flexibility index (Phi) is 8.66. The summed E-state index contributed by atoms with van der Waals surface area (Å²) in [5.74, 6) is 0. The third-order valence-corrected chi connectivity index (χ3v) is 12.0. The maximum atomic E-state index is 13.8. The molecule has 4 heterocycles. The van der Waals surface area contributed by atoms with Crippen molar-refractivity contribution in [2.24, 2.45) is 0 Å². The van der Waals surface area contributed by atoms with Gasteiger partial charge in [-0.3, -0.25) is 0 Å². The fourth-order valence-corrected chi connectivity index (χ4v) is 8.82. The van der Waals surface area contributed by atoms with Gasteiger partial charge in [-0.05, 0) is 70.8 Å². The average molecular weight is 805 g/mol. The predicted molar refractivity (Wildman–Crippen MR) is 209 cm³/mol. The number of rotatable bonds is 6. The van der Waals surface area contributed by atoms with E-state index in [-0.39, 0.29) is 22.5 Å². The minimum atomic E-state index is -4.53.